The maximum atomic E-state index is 13.5. The largest absolute Gasteiger partial charge is 0.507 e. The first-order valence-electron chi connectivity index (χ1n) is 16.9. The Bertz CT molecular complexity index is 1700. The van der Waals surface area contributed by atoms with Crippen LogP contribution in [0.3, 0.4) is 0 Å². The van der Waals surface area contributed by atoms with E-state index in [9.17, 15) is 19.8 Å². The van der Waals surface area contributed by atoms with Gasteiger partial charge in [-0.2, -0.15) is 0 Å². The second kappa shape index (κ2) is 10.7. The van der Waals surface area contributed by atoms with Gasteiger partial charge < -0.3 is 39.0 Å². The number of Topliss-reactive ketones (excluding diaryl/α,β-unsaturated/α-hetero) is 2. The Kier molecular flexibility index (Phi) is 6.99. The van der Waals surface area contributed by atoms with E-state index >= 15 is 0 Å². The van der Waals surface area contributed by atoms with Crippen molar-refractivity contribution in [2.75, 3.05) is 55.6 Å². The van der Waals surface area contributed by atoms with Crippen molar-refractivity contribution < 1.29 is 38.7 Å². The van der Waals surface area contributed by atoms with Crippen LogP contribution in [0.15, 0.2) is 35.8 Å². The Morgan fingerprint density at radius 3 is 1.42 bits per heavy atom. The zero-order chi connectivity index (χ0) is 33.9. The van der Waals surface area contributed by atoms with Crippen LogP contribution in [0.1, 0.15) is 47.9 Å². The van der Waals surface area contributed by atoms with Gasteiger partial charge in [-0.05, 0) is 76.1 Å². The summed E-state index contributed by atoms with van der Waals surface area (Å²) in [4.78, 5) is 31.8. The van der Waals surface area contributed by atoms with Crippen molar-refractivity contribution in [1.29, 1.82) is 0 Å². The summed E-state index contributed by atoms with van der Waals surface area (Å²) < 4.78 is 23.3. The highest BCUT2D eigenvalue weighted by atomic mass is 16.5. The summed E-state index contributed by atoms with van der Waals surface area (Å²) >= 11 is 0. The van der Waals surface area contributed by atoms with E-state index in [2.05, 4.69) is 23.9 Å². The summed E-state index contributed by atoms with van der Waals surface area (Å²) in [6.45, 7) is 1.59. The van der Waals surface area contributed by atoms with Crippen LogP contribution < -0.4 is 9.47 Å². The topological polar surface area (TPSA) is 118 Å². The van der Waals surface area contributed by atoms with E-state index in [0.29, 0.717) is 48.7 Å². The number of ketones is 2. The Labute approximate surface area is 280 Å². The molecule has 6 atom stereocenters. The highest BCUT2D eigenvalue weighted by Crippen LogP contribution is 2.63. The molecule has 10 nitrogen and oxygen atoms in total. The molecule has 2 saturated heterocycles. The van der Waals surface area contributed by atoms with Gasteiger partial charge in [-0.25, -0.2) is 0 Å². The summed E-state index contributed by atoms with van der Waals surface area (Å²) in [5, 5.41) is 23.8. The number of piperidine rings is 2. The molecule has 10 heteroatoms. The van der Waals surface area contributed by atoms with Gasteiger partial charge in [0.25, 0.3) is 0 Å². The molecule has 2 fully saturated rings. The number of phenolic OH excluding ortho intramolecular Hbond substituents is 2. The third kappa shape index (κ3) is 3.93. The number of nitrogens with zero attached hydrogens (tertiary/aromatic N) is 2. The first kappa shape index (κ1) is 31.3. The predicted molar refractivity (Wildman–Crippen MR) is 178 cm³/mol. The number of benzene rings is 2. The van der Waals surface area contributed by atoms with Crippen molar-refractivity contribution in [3.05, 3.63) is 58.1 Å². The van der Waals surface area contributed by atoms with Crippen LogP contribution >= 0.6 is 0 Å². The van der Waals surface area contributed by atoms with Crippen molar-refractivity contribution in [2.45, 2.75) is 61.4 Å². The monoisotopic (exact) mass is 656 g/mol. The fraction of sp³-hybridized carbons (Fsp3) is 0.526. The lowest BCUT2D eigenvalue weighted by Crippen LogP contribution is -2.60. The molecule has 6 aliphatic rings. The Morgan fingerprint density at radius 2 is 1.06 bits per heavy atom. The third-order valence-corrected chi connectivity index (χ3v) is 12.9. The minimum Gasteiger partial charge on any atom is -0.507 e. The molecule has 8 rings (SSSR count). The Hall–Kier alpha value is -4.02. The van der Waals surface area contributed by atoms with E-state index in [0.717, 1.165) is 46.5 Å². The van der Waals surface area contributed by atoms with Crippen molar-refractivity contribution in [1.82, 2.24) is 9.80 Å². The number of hydrogen-bond donors (Lipinski definition) is 2. The Morgan fingerprint density at radius 1 is 0.667 bits per heavy atom. The summed E-state index contributed by atoms with van der Waals surface area (Å²) in [6, 6.07) is 3.48. The van der Waals surface area contributed by atoms with Gasteiger partial charge >= 0.3 is 0 Å². The molecule has 2 N–H and O–H groups in total. The summed E-state index contributed by atoms with van der Waals surface area (Å²) in [5.74, 6) is 1.85. The standard InChI is InChI=1S/C38H44N2O8/c1-39-9-7-37-17-27(43)29(45-3)13-21(37)23(39)11-19-33(31(47-5)15-25(41)35(19)37)34-20-12-24-22-14-30(46-4)28(44)18-38(22,8-10-40(24)2)36(20)26(42)16-32(34)48-6/h13-16,21-24,41-42H,7-12,17-18H2,1-6H3/t21-,22-,23+,24+,37-,38-/m1/s1. The number of hydrogen-bond acceptors (Lipinski definition) is 10. The number of allylic oxidation sites excluding steroid dienone is 2. The molecule has 0 saturated carbocycles. The fourth-order valence-electron chi connectivity index (χ4n) is 10.8. The average Bonchev–Trinajstić information content (AvgIpc) is 3.06. The van der Waals surface area contributed by atoms with Gasteiger partial charge in [0.05, 0.1) is 28.4 Å². The molecule has 2 aromatic carbocycles. The molecule has 4 aliphatic carbocycles. The Balaban J connectivity index is 1.44. The van der Waals surface area contributed by atoms with Crippen LogP contribution in [-0.2, 0) is 42.7 Å². The highest BCUT2D eigenvalue weighted by Gasteiger charge is 2.59. The molecule has 0 amide bonds. The van der Waals surface area contributed by atoms with Gasteiger partial charge in [0, 0.05) is 82.0 Å². The number of aromatic hydroxyl groups is 2. The molecule has 0 radical (unpaired) electrons. The first-order valence-corrected chi connectivity index (χ1v) is 16.9. The van der Waals surface area contributed by atoms with Crippen LogP contribution in [0.5, 0.6) is 23.0 Å². The molecule has 2 aromatic rings. The van der Waals surface area contributed by atoms with Gasteiger partial charge in [0.2, 0.25) is 0 Å². The molecule has 2 aliphatic heterocycles. The van der Waals surface area contributed by atoms with E-state index in [4.69, 9.17) is 18.9 Å². The lowest BCUT2D eigenvalue weighted by atomic mass is 9.52. The van der Waals surface area contributed by atoms with E-state index < -0.39 is 10.8 Å². The fourth-order valence-corrected chi connectivity index (χ4v) is 10.8. The number of carbonyl (C=O) groups excluding carboxylic acids is 2. The smallest absolute Gasteiger partial charge is 0.197 e. The van der Waals surface area contributed by atoms with E-state index in [1.807, 2.05) is 12.2 Å². The van der Waals surface area contributed by atoms with Crippen LogP contribution in [-0.4, -0.2) is 99.3 Å². The highest BCUT2D eigenvalue weighted by molar-refractivity contribution is 5.98. The van der Waals surface area contributed by atoms with Gasteiger partial charge in [-0.1, -0.05) is 0 Å². The molecule has 2 heterocycles. The van der Waals surface area contributed by atoms with E-state index in [-0.39, 0.29) is 59.8 Å². The number of carbonyl (C=O) groups is 2. The molecule has 48 heavy (non-hydrogen) atoms. The number of ether oxygens (including phenoxy) is 4. The lowest BCUT2D eigenvalue weighted by Gasteiger charge is -2.57. The molecular formula is C38H44N2O8. The molecule has 0 unspecified atom stereocenters. The minimum atomic E-state index is -0.614. The number of likely N-dealkylation sites (N-methyl/N-ethyl adjacent to an activating group) is 2. The number of rotatable bonds is 5. The number of likely N-dealkylation sites (tertiary alicyclic amines) is 2. The van der Waals surface area contributed by atoms with Crippen molar-refractivity contribution in [3.8, 4) is 34.1 Å². The van der Waals surface area contributed by atoms with Gasteiger partial charge in [0.15, 0.2) is 23.1 Å². The second-order valence-corrected chi connectivity index (χ2v) is 14.7. The van der Waals surface area contributed by atoms with Crippen LogP contribution in [0.25, 0.3) is 11.1 Å². The molecular weight excluding hydrogens is 612 g/mol. The maximum absolute atomic E-state index is 13.5. The summed E-state index contributed by atoms with van der Waals surface area (Å²) in [6.07, 6.45) is 7.07. The average molecular weight is 657 g/mol. The number of phenols is 2. The molecule has 254 valence electrons. The van der Waals surface area contributed by atoms with Gasteiger partial charge in [0.1, 0.15) is 23.0 Å². The normalized spacial score (nSPS) is 32.2. The third-order valence-electron chi connectivity index (χ3n) is 12.9. The predicted octanol–water partition coefficient (Wildman–Crippen LogP) is 4.02. The van der Waals surface area contributed by atoms with Crippen LogP contribution in [0.2, 0.25) is 0 Å². The van der Waals surface area contributed by atoms with Crippen LogP contribution in [0, 0.1) is 11.8 Å². The van der Waals surface area contributed by atoms with Gasteiger partial charge in [-0.15, -0.1) is 0 Å². The summed E-state index contributed by atoms with van der Waals surface area (Å²) in [7, 11) is 10.5. The van der Waals surface area contributed by atoms with Crippen molar-refractivity contribution >= 4 is 11.6 Å². The van der Waals surface area contributed by atoms with Crippen molar-refractivity contribution in [3.63, 3.8) is 0 Å². The van der Waals surface area contributed by atoms with E-state index in [1.165, 1.54) is 0 Å². The first-order chi connectivity index (χ1) is 23.0. The van der Waals surface area contributed by atoms with Crippen LogP contribution in [0.4, 0.5) is 0 Å². The summed E-state index contributed by atoms with van der Waals surface area (Å²) in [5.41, 5.74) is 3.86. The van der Waals surface area contributed by atoms with Crippen molar-refractivity contribution in [2.24, 2.45) is 11.8 Å². The number of methoxy groups -OCH3 is 4. The zero-order valence-corrected chi connectivity index (χ0v) is 28.5. The minimum absolute atomic E-state index is 0.0261. The molecule has 4 bridgehead atoms. The van der Waals surface area contributed by atoms with Gasteiger partial charge in [-0.3, -0.25) is 9.59 Å². The lowest BCUT2D eigenvalue weighted by molar-refractivity contribution is -0.123. The number of fused-ring (bicyclic) bond motifs is 2. The van der Waals surface area contributed by atoms with E-state index in [1.54, 1.807) is 40.6 Å². The second-order valence-electron chi connectivity index (χ2n) is 14.7. The molecule has 0 spiro atoms. The zero-order valence-electron chi connectivity index (χ0n) is 28.5. The maximum Gasteiger partial charge on any atom is 0.197 e. The SMILES string of the molecule is COC1=C[C@@H]2[C@@H]3Cc4c(-c5c(OC)cc(O)c6c5C[C@H]5[C@H]7C=C(OC)C(=O)C[C@@]67CCN5C)c(OC)cc(O)c4[C@]2(CCN3C)CC1=O. The molecule has 0 aromatic heterocycles. The quantitative estimate of drug-likeness (QED) is 0.489.